The molecule has 1 aliphatic rings. The molecule has 3 aromatic heterocycles. The fraction of sp³-hybridized carbons (Fsp3) is 0.375. The SMILES string of the molecule is O=C(NCC1CCCO1)c1nc2nc(-c3ccco3)cc(C(F)(F)F)n2n1. The number of rotatable bonds is 4. The molecule has 4 rings (SSSR count). The average molecular weight is 381 g/mol. The summed E-state index contributed by atoms with van der Waals surface area (Å²) in [7, 11) is 0. The van der Waals surface area contributed by atoms with Crippen LogP contribution in [0, 0.1) is 0 Å². The summed E-state index contributed by atoms with van der Waals surface area (Å²) in [5.41, 5.74) is -1.16. The van der Waals surface area contributed by atoms with Gasteiger partial charge in [-0.3, -0.25) is 4.79 Å². The number of aromatic nitrogens is 4. The first-order valence-corrected chi connectivity index (χ1v) is 8.20. The van der Waals surface area contributed by atoms with Crippen LogP contribution in [0.4, 0.5) is 13.2 Å². The Bertz CT molecular complexity index is 962. The number of furan rings is 1. The number of halogens is 3. The maximum atomic E-state index is 13.4. The zero-order valence-electron chi connectivity index (χ0n) is 13.9. The first-order valence-electron chi connectivity index (χ1n) is 8.20. The van der Waals surface area contributed by atoms with Crippen LogP contribution in [0.5, 0.6) is 0 Å². The van der Waals surface area contributed by atoms with E-state index in [0.717, 1.165) is 18.9 Å². The molecule has 0 saturated carbocycles. The number of fused-ring (bicyclic) bond motifs is 1. The van der Waals surface area contributed by atoms with Gasteiger partial charge >= 0.3 is 6.18 Å². The van der Waals surface area contributed by atoms with Crippen LogP contribution in [0.2, 0.25) is 0 Å². The number of nitrogens with one attached hydrogen (secondary N) is 1. The topological polar surface area (TPSA) is 94.5 Å². The zero-order valence-corrected chi connectivity index (χ0v) is 13.9. The molecule has 0 aliphatic carbocycles. The molecule has 8 nitrogen and oxygen atoms in total. The number of hydrogen-bond acceptors (Lipinski definition) is 6. The first kappa shape index (κ1) is 17.5. The molecule has 142 valence electrons. The molecule has 3 aromatic rings. The average Bonchev–Trinajstić information content (AvgIpc) is 3.38. The lowest BCUT2D eigenvalue weighted by Crippen LogP contribution is -2.32. The summed E-state index contributed by atoms with van der Waals surface area (Å²) in [4.78, 5) is 20.1. The minimum Gasteiger partial charge on any atom is -0.463 e. The number of amides is 1. The molecule has 0 bridgehead atoms. The van der Waals surface area contributed by atoms with Gasteiger partial charge in [0.1, 0.15) is 5.69 Å². The Morgan fingerprint density at radius 2 is 2.22 bits per heavy atom. The quantitative estimate of drug-likeness (QED) is 0.745. The molecule has 4 heterocycles. The van der Waals surface area contributed by atoms with E-state index in [4.69, 9.17) is 9.15 Å². The molecular formula is C16H14F3N5O3. The van der Waals surface area contributed by atoms with Crippen LogP contribution in [-0.2, 0) is 10.9 Å². The van der Waals surface area contributed by atoms with Gasteiger partial charge < -0.3 is 14.5 Å². The van der Waals surface area contributed by atoms with E-state index in [-0.39, 0.29) is 29.9 Å². The number of carbonyl (C=O) groups excluding carboxylic acids is 1. The second-order valence-electron chi connectivity index (χ2n) is 5.99. The highest BCUT2D eigenvalue weighted by molar-refractivity contribution is 5.90. The Labute approximate surface area is 150 Å². The molecule has 0 spiro atoms. The highest BCUT2D eigenvalue weighted by Crippen LogP contribution is 2.31. The number of carbonyl (C=O) groups is 1. The lowest BCUT2D eigenvalue weighted by atomic mass is 10.2. The maximum absolute atomic E-state index is 13.4. The lowest BCUT2D eigenvalue weighted by molar-refractivity contribution is -0.142. The van der Waals surface area contributed by atoms with Gasteiger partial charge in [-0.2, -0.15) is 22.7 Å². The highest BCUT2D eigenvalue weighted by Gasteiger charge is 2.36. The van der Waals surface area contributed by atoms with Gasteiger partial charge in [-0.1, -0.05) is 0 Å². The summed E-state index contributed by atoms with van der Waals surface area (Å²) >= 11 is 0. The van der Waals surface area contributed by atoms with Crippen LogP contribution in [-0.4, -0.2) is 44.7 Å². The Kier molecular flexibility index (Phi) is 4.30. The summed E-state index contributed by atoms with van der Waals surface area (Å²) in [5, 5.41) is 6.26. The van der Waals surface area contributed by atoms with Gasteiger partial charge in [0.2, 0.25) is 5.82 Å². The zero-order chi connectivity index (χ0) is 19.0. The molecular weight excluding hydrogens is 367 g/mol. The number of ether oxygens (including phenoxy) is 1. The van der Waals surface area contributed by atoms with Gasteiger partial charge in [-0.15, -0.1) is 5.10 Å². The molecule has 1 atom stereocenters. The van der Waals surface area contributed by atoms with E-state index in [1.807, 2.05) is 0 Å². The van der Waals surface area contributed by atoms with E-state index in [2.05, 4.69) is 20.4 Å². The molecule has 1 aliphatic heterocycles. The van der Waals surface area contributed by atoms with Gasteiger partial charge in [0, 0.05) is 13.2 Å². The van der Waals surface area contributed by atoms with Crippen molar-refractivity contribution in [1.29, 1.82) is 0 Å². The summed E-state index contributed by atoms with van der Waals surface area (Å²) in [6.45, 7) is 0.868. The number of nitrogens with zero attached hydrogens (tertiary/aromatic N) is 4. The monoisotopic (exact) mass is 381 g/mol. The first-order chi connectivity index (χ1) is 12.9. The van der Waals surface area contributed by atoms with Crippen molar-refractivity contribution in [1.82, 2.24) is 24.9 Å². The Morgan fingerprint density at radius 3 is 2.89 bits per heavy atom. The third-order valence-electron chi connectivity index (χ3n) is 4.09. The van der Waals surface area contributed by atoms with Crippen LogP contribution in [0.15, 0.2) is 28.9 Å². The molecule has 1 saturated heterocycles. The largest absolute Gasteiger partial charge is 0.463 e. The predicted molar refractivity (Wildman–Crippen MR) is 84.8 cm³/mol. The molecule has 0 aromatic carbocycles. The minimum atomic E-state index is -4.72. The number of alkyl halides is 3. The minimum absolute atomic E-state index is 0.0569. The smallest absolute Gasteiger partial charge is 0.433 e. The van der Waals surface area contributed by atoms with Crippen LogP contribution >= 0.6 is 0 Å². The van der Waals surface area contributed by atoms with Crippen LogP contribution in [0.25, 0.3) is 17.2 Å². The van der Waals surface area contributed by atoms with Crippen molar-refractivity contribution in [3.63, 3.8) is 0 Å². The Morgan fingerprint density at radius 1 is 1.37 bits per heavy atom. The van der Waals surface area contributed by atoms with Crippen molar-refractivity contribution < 1.29 is 27.1 Å². The normalized spacial score (nSPS) is 17.5. The molecule has 27 heavy (non-hydrogen) atoms. The summed E-state index contributed by atoms with van der Waals surface area (Å²) < 4.78 is 51.3. The second kappa shape index (κ2) is 6.65. The van der Waals surface area contributed by atoms with Crippen LogP contribution in [0.1, 0.15) is 29.2 Å². The van der Waals surface area contributed by atoms with Crippen molar-refractivity contribution in [3.05, 3.63) is 36.0 Å². The van der Waals surface area contributed by atoms with E-state index < -0.39 is 23.6 Å². The van der Waals surface area contributed by atoms with Gasteiger partial charge in [0.25, 0.3) is 11.7 Å². The third-order valence-corrected chi connectivity index (χ3v) is 4.09. The fourth-order valence-corrected chi connectivity index (χ4v) is 2.81. The van der Waals surface area contributed by atoms with Crippen molar-refractivity contribution in [2.45, 2.75) is 25.1 Å². The van der Waals surface area contributed by atoms with Crippen molar-refractivity contribution >= 4 is 11.7 Å². The molecule has 11 heteroatoms. The van der Waals surface area contributed by atoms with E-state index in [1.165, 1.54) is 18.4 Å². The van der Waals surface area contributed by atoms with Crippen LogP contribution < -0.4 is 5.32 Å². The maximum Gasteiger partial charge on any atom is 0.433 e. The second-order valence-corrected chi connectivity index (χ2v) is 5.99. The van der Waals surface area contributed by atoms with Crippen molar-refractivity contribution in [2.75, 3.05) is 13.2 Å². The van der Waals surface area contributed by atoms with Crippen LogP contribution in [0.3, 0.4) is 0 Å². The van der Waals surface area contributed by atoms with E-state index in [1.54, 1.807) is 0 Å². The predicted octanol–water partition coefficient (Wildman–Crippen LogP) is 2.31. The van der Waals surface area contributed by atoms with Gasteiger partial charge in [0.15, 0.2) is 11.5 Å². The standard InChI is InChI=1S/C16H14F3N5O3/c17-16(18,19)12-7-10(11-4-2-6-27-11)21-15-22-13(23-24(12)15)14(25)20-8-9-3-1-5-26-9/h2,4,6-7,9H,1,3,5,8H2,(H,20,25). The van der Waals surface area contributed by atoms with Gasteiger partial charge in [0.05, 0.1) is 12.4 Å². The molecule has 1 N–H and O–H groups in total. The summed E-state index contributed by atoms with van der Waals surface area (Å²) in [6.07, 6.45) is -1.79. The van der Waals surface area contributed by atoms with E-state index in [9.17, 15) is 18.0 Å². The highest BCUT2D eigenvalue weighted by atomic mass is 19.4. The summed E-state index contributed by atoms with van der Waals surface area (Å²) in [6, 6.07) is 3.81. The molecule has 1 amide bonds. The van der Waals surface area contributed by atoms with Crippen molar-refractivity contribution in [3.8, 4) is 11.5 Å². The van der Waals surface area contributed by atoms with E-state index >= 15 is 0 Å². The summed E-state index contributed by atoms with van der Waals surface area (Å²) in [5.74, 6) is -1.29. The third kappa shape index (κ3) is 3.50. The molecule has 0 radical (unpaired) electrons. The van der Waals surface area contributed by atoms with E-state index in [0.29, 0.717) is 11.1 Å². The van der Waals surface area contributed by atoms with Crippen molar-refractivity contribution in [2.24, 2.45) is 0 Å². The number of hydrogen-bond donors (Lipinski definition) is 1. The molecule has 1 fully saturated rings. The fourth-order valence-electron chi connectivity index (χ4n) is 2.81. The Balaban J connectivity index is 1.68. The lowest BCUT2D eigenvalue weighted by Gasteiger charge is -2.09. The molecule has 1 unspecified atom stereocenters. The van der Waals surface area contributed by atoms with Gasteiger partial charge in [-0.25, -0.2) is 4.98 Å². The van der Waals surface area contributed by atoms with Gasteiger partial charge in [-0.05, 0) is 31.0 Å². The Hall–Kier alpha value is -2.95.